The van der Waals surface area contributed by atoms with Crippen molar-refractivity contribution in [1.82, 2.24) is 9.80 Å². The number of ether oxygens (including phenoxy) is 1. The van der Waals surface area contributed by atoms with Crippen LogP contribution in [0.3, 0.4) is 0 Å². The van der Waals surface area contributed by atoms with Gasteiger partial charge >= 0.3 is 0 Å². The topological polar surface area (TPSA) is 53.0 Å². The summed E-state index contributed by atoms with van der Waals surface area (Å²) in [4.78, 5) is 17.9. The van der Waals surface area contributed by atoms with E-state index in [-0.39, 0.29) is 17.3 Å². The monoisotopic (exact) mass is 474 g/mol. The van der Waals surface area contributed by atoms with Gasteiger partial charge < -0.3 is 9.84 Å². The fourth-order valence-corrected chi connectivity index (χ4v) is 4.83. The maximum atomic E-state index is 13.2. The number of hydrogen-bond acceptors (Lipinski definition) is 5. The molecule has 2 aliphatic heterocycles. The van der Waals surface area contributed by atoms with Crippen LogP contribution in [0.25, 0.3) is 6.08 Å². The van der Waals surface area contributed by atoms with Crippen molar-refractivity contribution in [3.05, 3.63) is 99.3 Å². The van der Waals surface area contributed by atoms with E-state index in [1.807, 2.05) is 31.2 Å². The van der Waals surface area contributed by atoms with Gasteiger partial charge in [-0.1, -0.05) is 60.1 Å². The first-order valence-electron chi connectivity index (χ1n) is 11.5. The van der Waals surface area contributed by atoms with Crippen LogP contribution >= 0.6 is 11.6 Å². The van der Waals surface area contributed by atoms with E-state index in [1.165, 1.54) is 5.56 Å². The molecule has 0 amide bonds. The zero-order chi connectivity index (χ0) is 23.7. The molecule has 0 atom stereocenters. The summed E-state index contributed by atoms with van der Waals surface area (Å²) < 4.78 is 6.07. The summed E-state index contributed by atoms with van der Waals surface area (Å²) in [6.07, 6.45) is 1.67. The minimum atomic E-state index is -0.179. The van der Waals surface area contributed by atoms with Crippen LogP contribution in [-0.2, 0) is 13.1 Å². The lowest BCUT2D eigenvalue weighted by molar-refractivity contribution is 0.101. The Morgan fingerprint density at radius 1 is 0.971 bits per heavy atom. The number of aromatic hydroxyl groups is 1. The van der Waals surface area contributed by atoms with Gasteiger partial charge in [0.2, 0.25) is 5.78 Å². The number of hydrogen-bond donors (Lipinski definition) is 1. The van der Waals surface area contributed by atoms with Gasteiger partial charge in [-0.2, -0.15) is 0 Å². The van der Waals surface area contributed by atoms with Crippen molar-refractivity contribution in [2.45, 2.75) is 20.0 Å². The predicted molar refractivity (Wildman–Crippen MR) is 134 cm³/mol. The summed E-state index contributed by atoms with van der Waals surface area (Å²) in [5.74, 6) is 0.675. The summed E-state index contributed by atoms with van der Waals surface area (Å²) in [6, 6.07) is 19.5. The van der Waals surface area contributed by atoms with E-state index in [2.05, 4.69) is 34.1 Å². The van der Waals surface area contributed by atoms with Gasteiger partial charge in [0.15, 0.2) is 5.76 Å². The number of benzene rings is 3. The van der Waals surface area contributed by atoms with Crippen LogP contribution in [0.1, 0.15) is 32.6 Å². The molecule has 0 unspecified atom stereocenters. The van der Waals surface area contributed by atoms with Gasteiger partial charge in [0.25, 0.3) is 0 Å². The van der Waals surface area contributed by atoms with Gasteiger partial charge in [-0.25, -0.2) is 0 Å². The number of Topliss-reactive ketones (excluding diaryl/α,β-unsaturated/α-hetero) is 1. The van der Waals surface area contributed by atoms with Crippen molar-refractivity contribution in [1.29, 1.82) is 0 Å². The number of carbonyl (C=O) groups excluding carboxylic acids is 1. The standard InChI is InChI=1S/C28H27ClN2O3/c1-19-15-24(32)22(18-31-13-11-30(12-14-31)17-20-7-3-2-4-8-20)28-26(19)27(33)25(34-28)16-21-9-5-6-10-23(21)29/h2-10,15-16,32H,11-14,17-18H2,1H3/b25-16-. The number of fused-ring (bicyclic) bond motifs is 1. The molecule has 0 saturated carbocycles. The van der Waals surface area contributed by atoms with Crippen molar-refractivity contribution in [2.24, 2.45) is 0 Å². The highest BCUT2D eigenvalue weighted by atomic mass is 35.5. The third kappa shape index (κ3) is 4.60. The highest BCUT2D eigenvalue weighted by Crippen LogP contribution is 2.42. The third-order valence-corrected chi connectivity index (χ3v) is 6.85. The van der Waals surface area contributed by atoms with Gasteiger partial charge in [0.1, 0.15) is 11.5 Å². The molecule has 5 rings (SSSR count). The van der Waals surface area contributed by atoms with Crippen molar-refractivity contribution in [3.63, 3.8) is 0 Å². The Hall–Kier alpha value is -3.12. The average Bonchev–Trinajstić information content (AvgIpc) is 3.16. The first kappa shape index (κ1) is 22.7. The molecule has 0 spiro atoms. The van der Waals surface area contributed by atoms with Crippen molar-refractivity contribution in [3.8, 4) is 11.5 Å². The summed E-state index contributed by atoms with van der Waals surface area (Å²) in [5, 5.41) is 11.3. The molecule has 0 radical (unpaired) electrons. The molecule has 1 N–H and O–H groups in total. The summed E-state index contributed by atoms with van der Waals surface area (Å²) in [5.41, 5.74) is 3.92. The maximum absolute atomic E-state index is 13.2. The molecule has 2 aliphatic rings. The quantitative estimate of drug-likeness (QED) is 0.509. The lowest BCUT2D eigenvalue weighted by atomic mass is 9.99. The number of ketones is 1. The van der Waals surface area contributed by atoms with E-state index >= 15 is 0 Å². The highest BCUT2D eigenvalue weighted by Gasteiger charge is 2.34. The smallest absolute Gasteiger partial charge is 0.232 e. The first-order chi connectivity index (χ1) is 16.5. The Bertz CT molecular complexity index is 1250. The lowest BCUT2D eigenvalue weighted by Gasteiger charge is -2.35. The van der Waals surface area contributed by atoms with Gasteiger partial charge in [-0.15, -0.1) is 0 Å². The van der Waals surface area contributed by atoms with Crippen LogP contribution in [0.2, 0.25) is 5.02 Å². The van der Waals surface area contributed by atoms with Gasteiger partial charge in [-0.3, -0.25) is 14.6 Å². The third-order valence-electron chi connectivity index (χ3n) is 6.51. The number of piperazine rings is 1. The minimum absolute atomic E-state index is 0.162. The number of rotatable bonds is 5. The van der Waals surface area contributed by atoms with Crippen molar-refractivity contribution in [2.75, 3.05) is 26.2 Å². The van der Waals surface area contributed by atoms with Crippen LogP contribution < -0.4 is 4.74 Å². The molecule has 34 heavy (non-hydrogen) atoms. The molecule has 174 valence electrons. The zero-order valence-corrected chi connectivity index (χ0v) is 19.9. The molecular weight excluding hydrogens is 448 g/mol. The number of allylic oxidation sites excluding steroid dienone is 1. The van der Waals surface area contributed by atoms with Gasteiger partial charge in [0, 0.05) is 44.3 Å². The molecule has 5 nitrogen and oxygen atoms in total. The van der Waals surface area contributed by atoms with Crippen LogP contribution in [0.5, 0.6) is 11.5 Å². The van der Waals surface area contributed by atoms with Crippen molar-refractivity contribution >= 4 is 23.5 Å². The van der Waals surface area contributed by atoms with E-state index in [0.29, 0.717) is 34.0 Å². The molecule has 0 aromatic heterocycles. The Balaban J connectivity index is 1.33. The second-order valence-electron chi connectivity index (χ2n) is 8.89. The first-order valence-corrected chi connectivity index (χ1v) is 11.9. The number of phenols is 1. The van der Waals surface area contributed by atoms with Crippen LogP contribution in [0, 0.1) is 6.92 Å². The molecule has 6 heteroatoms. The number of aryl methyl sites for hydroxylation is 1. The van der Waals surface area contributed by atoms with Crippen LogP contribution in [-0.4, -0.2) is 46.9 Å². The van der Waals surface area contributed by atoms with Crippen LogP contribution in [0.4, 0.5) is 0 Å². The van der Waals surface area contributed by atoms with Gasteiger partial charge in [-0.05, 0) is 41.8 Å². The van der Waals surface area contributed by atoms with E-state index in [4.69, 9.17) is 16.3 Å². The lowest BCUT2D eigenvalue weighted by Crippen LogP contribution is -2.45. The summed E-state index contributed by atoms with van der Waals surface area (Å²) in [6.45, 7) is 6.94. The minimum Gasteiger partial charge on any atom is -0.507 e. The molecule has 1 fully saturated rings. The average molecular weight is 475 g/mol. The Morgan fingerprint density at radius 2 is 1.62 bits per heavy atom. The number of carbonyl (C=O) groups is 1. The Morgan fingerprint density at radius 3 is 2.32 bits per heavy atom. The van der Waals surface area contributed by atoms with E-state index in [1.54, 1.807) is 18.2 Å². The largest absolute Gasteiger partial charge is 0.507 e. The second-order valence-corrected chi connectivity index (χ2v) is 9.30. The number of phenolic OH excluding ortho intramolecular Hbond substituents is 1. The normalized spacial score (nSPS) is 17.7. The maximum Gasteiger partial charge on any atom is 0.232 e. The van der Waals surface area contributed by atoms with Gasteiger partial charge in [0.05, 0.1) is 11.1 Å². The summed E-state index contributed by atoms with van der Waals surface area (Å²) in [7, 11) is 0. The molecule has 0 aliphatic carbocycles. The summed E-state index contributed by atoms with van der Waals surface area (Å²) >= 11 is 6.28. The second kappa shape index (κ2) is 9.63. The fourth-order valence-electron chi connectivity index (χ4n) is 4.64. The number of halogens is 1. The van der Waals surface area contributed by atoms with E-state index in [9.17, 15) is 9.90 Å². The van der Waals surface area contributed by atoms with E-state index in [0.717, 1.165) is 38.3 Å². The Kier molecular flexibility index (Phi) is 6.42. The molecule has 3 aromatic carbocycles. The van der Waals surface area contributed by atoms with Crippen molar-refractivity contribution < 1.29 is 14.6 Å². The fraction of sp³-hybridized carbons (Fsp3) is 0.250. The highest BCUT2D eigenvalue weighted by molar-refractivity contribution is 6.32. The molecular formula is C28H27ClN2O3. The molecule has 0 bridgehead atoms. The predicted octanol–water partition coefficient (Wildman–Crippen LogP) is 5.29. The molecule has 1 saturated heterocycles. The SMILES string of the molecule is Cc1cc(O)c(CN2CCN(Cc3ccccc3)CC2)c2c1C(=O)/C(=C/c1ccccc1Cl)O2. The van der Waals surface area contributed by atoms with E-state index < -0.39 is 0 Å². The number of nitrogens with zero attached hydrogens (tertiary/aromatic N) is 2. The zero-order valence-electron chi connectivity index (χ0n) is 19.1. The molecule has 2 heterocycles. The Labute approximate surface area is 204 Å². The molecule has 3 aromatic rings. The van der Waals surface area contributed by atoms with Crippen LogP contribution in [0.15, 0.2) is 66.4 Å².